The molecule has 3 amide bonds. The molecule has 36 heavy (non-hydrogen) atoms. The number of imide groups is 1. The number of urea groups is 1. The van der Waals surface area contributed by atoms with Crippen molar-refractivity contribution in [3.8, 4) is 11.1 Å². The van der Waals surface area contributed by atoms with E-state index in [1.165, 1.54) is 12.1 Å². The van der Waals surface area contributed by atoms with Gasteiger partial charge in [0, 0.05) is 52.8 Å². The summed E-state index contributed by atoms with van der Waals surface area (Å²) >= 11 is 0. The highest BCUT2D eigenvalue weighted by Gasteiger charge is 2.18. The Labute approximate surface area is 205 Å². The first-order valence-corrected chi connectivity index (χ1v) is 11.0. The van der Waals surface area contributed by atoms with Crippen LogP contribution in [0.25, 0.3) is 22.0 Å². The highest BCUT2D eigenvalue weighted by molar-refractivity contribution is 6.08. The van der Waals surface area contributed by atoms with Crippen LogP contribution < -0.4 is 16.2 Å². The van der Waals surface area contributed by atoms with Gasteiger partial charge in [-0.15, -0.1) is 0 Å². The monoisotopic (exact) mass is 485 g/mol. The molecule has 0 saturated carbocycles. The fourth-order valence-electron chi connectivity index (χ4n) is 3.93. The number of nitrogens with zero attached hydrogens (tertiary/aromatic N) is 3. The summed E-state index contributed by atoms with van der Waals surface area (Å²) in [5, 5.41) is 16.7. The summed E-state index contributed by atoms with van der Waals surface area (Å²) in [6.45, 7) is 5.26. The van der Waals surface area contributed by atoms with Crippen molar-refractivity contribution < 1.29 is 14.5 Å². The number of nitro groups is 1. The van der Waals surface area contributed by atoms with Gasteiger partial charge in [-0.2, -0.15) is 0 Å². The van der Waals surface area contributed by atoms with Gasteiger partial charge >= 0.3 is 6.03 Å². The molecule has 2 aromatic carbocycles. The van der Waals surface area contributed by atoms with E-state index in [-0.39, 0.29) is 16.8 Å². The van der Waals surface area contributed by atoms with E-state index in [1.807, 2.05) is 19.9 Å². The molecule has 0 fully saturated rings. The number of amides is 3. The molecule has 2 heterocycles. The zero-order valence-corrected chi connectivity index (χ0v) is 20.1. The van der Waals surface area contributed by atoms with Crippen LogP contribution >= 0.6 is 0 Å². The predicted octanol–water partition coefficient (Wildman–Crippen LogP) is 4.40. The van der Waals surface area contributed by atoms with Gasteiger partial charge in [0.15, 0.2) is 0 Å². The molecule has 0 bridgehead atoms. The Hall–Kier alpha value is -4.86. The molecule has 0 unspecified atom stereocenters. The Morgan fingerprint density at radius 2 is 1.69 bits per heavy atom. The number of carbonyl (C=O) groups is 2. The van der Waals surface area contributed by atoms with Crippen molar-refractivity contribution in [2.24, 2.45) is 7.05 Å². The van der Waals surface area contributed by atoms with Crippen LogP contribution in [0.2, 0.25) is 0 Å². The van der Waals surface area contributed by atoms with Crippen LogP contribution in [0.3, 0.4) is 0 Å². The standard InChI is InChI=1S/C26H23N5O5/c1-14-6-8-19(28-26(34)29-24(32)17-7-5-15(2)22(11-17)31(35)36)12-20(14)21-10-18-13-27-16(3)9-23(18)30(4)25(21)33/h5-13H,1-4H3,(H2,28,29,32,34). The number of benzene rings is 2. The number of aryl methyl sites for hydroxylation is 4. The normalized spacial score (nSPS) is 10.8. The van der Waals surface area contributed by atoms with E-state index in [1.54, 1.807) is 49.0 Å². The number of anilines is 1. The molecule has 0 aliphatic heterocycles. The van der Waals surface area contributed by atoms with Gasteiger partial charge in [0.2, 0.25) is 0 Å². The number of pyridine rings is 2. The molecule has 0 spiro atoms. The summed E-state index contributed by atoms with van der Waals surface area (Å²) in [6.07, 6.45) is 1.71. The topological polar surface area (TPSA) is 136 Å². The second kappa shape index (κ2) is 9.41. The molecular formula is C26H23N5O5. The Balaban J connectivity index is 1.60. The zero-order valence-electron chi connectivity index (χ0n) is 20.1. The second-order valence-electron chi connectivity index (χ2n) is 8.50. The van der Waals surface area contributed by atoms with Crippen LogP contribution in [0.5, 0.6) is 0 Å². The van der Waals surface area contributed by atoms with E-state index in [9.17, 15) is 24.5 Å². The number of nitro benzene ring substituents is 1. The first-order chi connectivity index (χ1) is 17.0. The van der Waals surface area contributed by atoms with E-state index in [4.69, 9.17) is 0 Å². The lowest BCUT2D eigenvalue weighted by Crippen LogP contribution is -2.34. The first-order valence-electron chi connectivity index (χ1n) is 11.0. The summed E-state index contributed by atoms with van der Waals surface area (Å²) in [6, 6.07) is 11.8. The van der Waals surface area contributed by atoms with Crippen molar-refractivity contribution in [2.75, 3.05) is 5.32 Å². The van der Waals surface area contributed by atoms with Gasteiger partial charge in [-0.3, -0.25) is 30.0 Å². The number of fused-ring (bicyclic) bond motifs is 1. The van der Waals surface area contributed by atoms with Crippen molar-refractivity contribution >= 4 is 34.2 Å². The zero-order chi connectivity index (χ0) is 26.1. The van der Waals surface area contributed by atoms with Crippen molar-refractivity contribution in [3.05, 3.63) is 97.6 Å². The van der Waals surface area contributed by atoms with Crippen LogP contribution in [-0.2, 0) is 7.05 Å². The number of rotatable bonds is 4. The fraction of sp³-hybridized carbons (Fsp3) is 0.154. The van der Waals surface area contributed by atoms with Gasteiger partial charge in [-0.25, -0.2) is 4.79 Å². The summed E-state index contributed by atoms with van der Waals surface area (Å²) < 4.78 is 1.56. The molecule has 4 aromatic rings. The van der Waals surface area contributed by atoms with Crippen LogP contribution in [0, 0.1) is 30.9 Å². The third-order valence-corrected chi connectivity index (χ3v) is 5.93. The first kappa shape index (κ1) is 24.3. The van der Waals surface area contributed by atoms with E-state index in [0.29, 0.717) is 22.4 Å². The van der Waals surface area contributed by atoms with E-state index in [0.717, 1.165) is 28.2 Å². The maximum Gasteiger partial charge on any atom is 0.326 e. The predicted molar refractivity (Wildman–Crippen MR) is 136 cm³/mol. The maximum atomic E-state index is 13.1. The molecule has 10 nitrogen and oxygen atoms in total. The molecule has 2 N–H and O–H groups in total. The molecule has 0 aliphatic rings. The highest BCUT2D eigenvalue weighted by Crippen LogP contribution is 2.27. The molecule has 0 saturated heterocycles. The maximum absolute atomic E-state index is 13.1. The Bertz CT molecular complexity index is 1620. The van der Waals surface area contributed by atoms with Gasteiger partial charge < -0.3 is 9.88 Å². The van der Waals surface area contributed by atoms with E-state index in [2.05, 4.69) is 15.6 Å². The lowest BCUT2D eigenvalue weighted by atomic mass is 9.99. The highest BCUT2D eigenvalue weighted by atomic mass is 16.6. The van der Waals surface area contributed by atoms with Gasteiger partial charge in [-0.1, -0.05) is 12.1 Å². The van der Waals surface area contributed by atoms with Crippen molar-refractivity contribution in [1.29, 1.82) is 0 Å². The lowest BCUT2D eigenvalue weighted by Gasteiger charge is -2.13. The quantitative estimate of drug-likeness (QED) is 0.325. The second-order valence-corrected chi connectivity index (χ2v) is 8.50. The molecule has 182 valence electrons. The smallest absolute Gasteiger partial charge is 0.311 e. The average molecular weight is 486 g/mol. The average Bonchev–Trinajstić information content (AvgIpc) is 2.83. The molecule has 10 heteroatoms. The van der Waals surface area contributed by atoms with Crippen LogP contribution in [0.15, 0.2) is 59.5 Å². The minimum atomic E-state index is -0.816. The van der Waals surface area contributed by atoms with Crippen LogP contribution in [0.1, 0.15) is 27.2 Å². The molecule has 0 radical (unpaired) electrons. The number of aromatic nitrogens is 2. The summed E-state index contributed by atoms with van der Waals surface area (Å²) in [5.41, 5.74) is 3.78. The lowest BCUT2D eigenvalue weighted by molar-refractivity contribution is -0.385. The Morgan fingerprint density at radius 1 is 0.972 bits per heavy atom. The fourth-order valence-corrected chi connectivity index (χ4v) is 3.93. The molecule has 4 rings (SSSR count). The summed E-state index contributed by atoms with van der Waals surface area (Å²) in [7, 11) is 1.69. The Kier molecular flexibility index (Phi) is 6.35. The van der Waals surface area contributed by atoms with Gasteiger partial charge in [-0.05, 0) is 62.2 Å². The van der Waals surface area contributed by atoms with Crippen LogP contribution in [-0.4, -0.2) is 26.4 Å². The van der Waals surface area contributed by atoms with Crippen LogP contribution in [0.4, 0.5) is 16.2 Å². The minimum absolute atomic E-state index is 0.0180. The van der Waals surface area contributed by atoms with Crippen molar-refractivity contribution in [3.63, 3.8) is 0 Å². The number of nitrogens with one attached hydrogen (secondary N) is 2. The SMILES string of the molecule is Cc1cc2c(cn1)cc(-c1cc(NC(=O)NC(=O)c3ccc(C)c([N+](=O)[O-])c3)ccc1C)c(=O)n2C. The van der Waals surface area contributed by atoms with E-state index >= 15 is 0 Å². The summed E-state index contributed by atoms with van der Waals surface area (Å²) in [4.78, 5) is 52.9. The van der Waals surface area contributed by atoms with E-state index < -0.39 is 16.9 Å². The van der Waals surface area contributed by atoms with Gasteiger partial charge in [0.1, 0.15) is 0 Å². The molecule has 0 aliphatic carbocycles. The minimum Gasteiger partial charge on any atom is -0.311 e. The number of carbonyl (C=O) groups excluding carboxylic acids is 2. The van der Waals surface area contributed by atoms with Crippen molar-refractivity contribution in [1.82, 2.24) is 14.9 Å². The van der Waals surface area contributed by atoms with Gasteiger partial charge in [0.05, 0.1) is 10.4 Å². The summed E-state index contributed by atoms with van der Waals surface area (Å²) in [5.74, 6) is -0.783. The molecule has 0 atom stereocenters. The molecule has 2 aromatic heterocycles. The Morgan fingerprint density at radius 3 is 2.42 bits per heavy atom. The van der Waals surface area contributed by atoms with Gasteiger partial charge in [0.25, 0.3) is 17.2 Å². The number of hydrogen-bond donors (Lipinski definition) is 2. The third kappa shape index (κ3) is 4.69. The third-order valence-electron chi connectivity index (χ3n) is 5.93. The number of hydrogen-bond acceptors (Lipinski definition) is 6. The largest absolute Gasteiger partial charge is 0.326 e. The van der Waals surface area contributed by atoms with Crippen molar-refractivity contribution in [2.45, 2.75) is 20.8 Å². The molecular weight excluding hydrogens is 462 g/mol.